The van der Waals surface area contributed by atoms with Gasteiger partial charge in [-0.2, -0.15) is 10.2 Å². The van der Waals surface area contributed by atoms with Crippen molar-refractivity contribution in [3.8, 4) is 12.3 Å². The first-order valence-corrected chi connectivity index (χ1v) is 8.49. The highest BCUT2D eigenvalue weighted by Crippen LogP contribution is 2.38. The first-order chi connectivity index (χ1) is 10.7. The summed E-state index contributed by atoms with van der Waals surface area (Å²) in [5.74, 6) is 2.48. The van der Waals surface area contributed by atoms with Gasteiger partial charge >= 0.3 is 0 Å². The fourth-order valence-electron chi connectivity index (χ4n) is 2.51. The molecule has 1 aliphatic rings. The van der Waals surface area contributed by atoms with Crippen molar-refractivity contribution in [2.45, 2.75) is 82.7 Å². The fraction of sp³-hybridized carbons (Fsp3) is 0.722. The minimum atomic E-state index is -0.186. The molecule has 1 rings (SSSR count). The number of nitrogens with zero attached hydrogens (tertiary/aromatic N) is 2. The van der Waals surface area contributed by atoms with Crippen molar-refractivity contribution in [3.05, 3.63) is 12.2 Å². The molecule has 0 spiro atoms. The summed E-state index contributed by atoms with van der Waals surface area (Å²) < 4.78 is 0. The molecule has 4 nitrogen and oxygen atoms in total. The van der Waals surface area contributed by atoms with Gasteiger partial charge in [0.1, 0.15) is 0 Å². The number of amides is 1. The molecule has 1 amide bonds. The normalized spacial score (nSPS) is 15.0. The van der Waals surface area contributed by atoms with Crippen LogP contribution in [0.5, 0.6) is 0 Å². The van der Waals surface area contributed by atoms with Crippen LogP contribution in [0.15, 0.2) is 22.4 Å². The van der Waals surface area contributed by atoms with E-state index in [1.165, 1.54) is 19.3 Å². The number of allylic oxidation sites excluding steroid dienone is 2. The highest BCUT2D eigenvalue weighted by Gasteiger charge is 2.37. The van der Waals surface area contributed by atoms with E-state index in [0.717, 1.165) is 51.4 Å². The second-order valence-corrected chi connectivity index (χ2v) is 6.02. The summed E-state index contributed by atoms with van der Waals surface area (Å²) >= 11 is 0. The lowest BCUT2D eigenvalue weighted by Crippen LogP contribution is -2.09. The van der Waals surface area contributed by atoms with E-state index in [1.807, 2.05) is 0 Å². The molecule has 0 saturated heterocycles. The molecule has 0 radical (unpaired) electrons. The zero-order valence-corrected chi connectivity index (χ0v) is 13.6. The number of hydrogen-bond acceptors (Lipinski definition) is 3. The first kappa shape index (κ1) is 18.4. The van der Waals surface area contributed by atoms with Crippen molar-refractivity contribution in [3.63, 3.8) is 0 Å². The van der Waals surface area contributed by atoms with E-state index in [0.29, 0.717) is 6.42 Å². The average molecular weight is 303 g/mol. The van der Waals surface area contributed by atoms with E-state index in [1.54, 1.807) is 0 Å². The lowest BCUT2D eigenvalue weighted by Gasteiger charge is -2.07. The van der Waals surface area contributed by atoms with Crippen LogP contribution in [0.25, 0.3) is 0 Å². The molecule has 122 valence electrons. The standard InChI is InChI=1S/C18H29N3O/c1-2-3-12-15-18(20-21-18)16-13-10-8-6-4-5-7-9-11-14-17(19)22/h1,8,10H,3-7,9,11-16H2,(H2,19,22). The Morgan fingerprint density at radius 3 is 2.36 bits per heavy atom. The SMILES string of the molecule is C#CCCCC1(CCC=CCCCCCCCC(N)=O)N=N1. The zero-order valence-electron chi connectivity index (χ0n) is 13.6. The maximum atomic E-state index is 10.6. The molecule has 22 heavy (non-hydrogen) atoms. The molecule has 0 aromatic rings. The Labute approximate surface area is 134 Å². The second-order valence-electron chi connectivity index (χ2n) is 6.02. The van der Waals surface area contributed by atoms with E-state index >= 15 is 0 Å². The summed E-state index contributed by atoms with van der Waals surface area (Å²) in [4.78, 5) is 10.6. The van der Waals surface area contributed by atoms with Gasteiger partial charge in [0, 0.05) is 12.8 Å². The zero-order chi connectivity index (χ0) is 16.1. The Bertz CT molecular complexity index is 415. The Morgan fingerprint density at radius 1 is 1.00 bits per heavy atom. The largest absolute Gasteiger partial charge is 0.370 e. The summed E-state index contributed by atoms with van der Waals surface area (Å²) in [5.41, 5.74) is 5.00. The third-order valence-corrected chi connectivity index (χ3v) is 3.95. The monoisotopic (exact) mass is 303 g/mol. The number of nitrogens with two attached hydrogens (primary N) is 1. The molecule has 2 N–H and O–H groups in total. The molecule has 0 atom stereocenters. The molecule has 0 aromatic carbocycles. The Kier molecular flexibility index (Phi) is 9.21. The highest BCUT2D eigenvalue weighted by molar-refractivity contribution is 5.73. The number of primary amides is 1. The second kappa shape index (κ2) is 11.0. The van der Waals surface area contributed by atoms with Gasteiger partial charge in [-0.25, -0.2) is 0 Å². The van der Waals surface area contributed by atoms with Crippen LogP contribution in [0.2, 0.25) is 0 Å². The lowest BCUT2D eigenvalue weighted by molar-refractivity contribution is -0.118. The topological polar surface area (TPSA) is 67.8 Å². The van der Waals surface area contributed by atoms with E-state index in [2.05, 4.69) is 28.3 Å². The van der Waals surface area contributed by atoms with Crippen LogP contribution in [-0.4, -0.2) is 11.6 Å². The van der Waals surface area contributed by atoms with Crippen molar-refractivity contribution >= 4 is 5.91 Å². The molecular formula is C18H29N3O. The number of hydrogen-bond donors (Lipinski definition) is 1. The van der Waals surface area contributed by atoms with Crippen molar-refractivity contribution in [2.24, 2.45) is 16.0 Å². The van der Waals surface area contributed by atoms with Crippen LogP contribution >= 0.6 is 0 Å². The minimum absolute atomic E-state index is 0.0956. The van der Waals surface area contributed by atoms with E-state index in [4.69, 9.17) is 12.2 Å². The molecule has 1 aliphatic heterocycles. The van der Waals surface area contributed by atoms with Crippen LogP contribution in [0.4, 0.5) is 0 Å². The average Bonchev–Trinajstić information content (AvgIpc) is 3.25. The molecule has 4 heteroatoms. The molecule has 0 aliphatic carbocycles. The number of carbonyl (C=O) groups is 1. The van der Waals surface area contributed by atoms with Gasteiger partial charge < -0.3 is 5.73 Å². The Morgan fingerprint density at radius 2 is 1.68 bits per heavy atom. The molecule has 1 heterocycles. The van der Waals surface area contributed by atoms with Crippen LogP contribution in [0, 0.1) is 12.3 Å². The smallest absolute Gasteiger partial charge is 0.217 e. The van der Waals surface area contributed by atoms with Gasteiger partial charge in [-0.15, -0.1) is 12.3 Å². The highest BCUT2D eigenvalue weighted by atomic mass is 16.1. The van der Waals surface area contributed by atoms with Gasteiger partial charge in [0.2, 0.25) is 5.91 Å². The van der Waals surface area contributed by atoms with Gasteiger partial charge in [0.15, 0.2) is 5.66 Å². The molecule has 0 aromatic heterocycles. The molecule has 0 bridgehead atoms. The molecule has 0 unspecified atom stereocenters. The summed E-state index contributed by atoms with van der Waals surface area (Å²) in [6.07, 6.45) is 22.0. The maximum absolute atomic E-state index is 10.6. The summed E-state index contributed by atoms with van der Waals surface area (Å²) in [6, 6.07) is 0. The predicted octanol–water partition coefficient (Wildman–Crippen LogP) is 4.50. The number of carbonyl (C=O) groups excluding carboxylic acids is 1. The van der Waals surface area contributed by atoms with Crippen LogP contribution in [0.3, 0.4) is 0 Å². The van der Waals surface area contributed by atoms with Crippen molar-refractivity contribution in [2.75, 3.05) is 0 Å². The molecular weight excluding hydrogens is 274 g/mol. The third-order valence-electron chi connectivity index (χ3n) is 3.95. The summed E-state index contributed by atoms with van der Waals surface area (Å²) in [6.45, 7) is 0. The van der Waals surface area contributed by atoms with Gasteiger partial charge in [-0.1, -0.05) is 31.4 Å². The first-order valence-electron chi connectivity index (χ1n) is 8.49. The molecule has 0 fully saturated rings. The number of rotatable bonds is 14. The van der Waals surface area contributed by atoms with Gasteiger partial charge in [0.05, 0.1) is 0 Å². The minimum Gasteiger partial charge on any atom is -0.370 e. The fourth-order valence-corrected chi connectivity index (χ4v) is 2.51. The maximum Gasteiger partial charge on any atom is 0.217 e. The van der Waals surface area contributed by atoms with Gasteiger partial charge in [0.25, 0.3) is 0 Å². The Hall–Kier alpha value is -1.63. The third kappa shape index (κ3) is 9.33. The number of terminal acetylenes is 1. The quantitative estimate of drug-likeness (QED) is 0.286. The predicted molar refractivity (Wildman–Crippen MR) is 90.2 cm³/mol. The lowest BCUT2D eigenvalue weighted by atomic mass is 10.0. The van der Waals surface area contributed by atoms with E-state index in [-0.39, 0.29) is 11.6 Å². The van der Waals surface area contributed by atoms with Crippen LogP contribution in [0.1, 0.15) is 77.0 Å². The van der Waals surface area contributed by atoms with Crippen LogP contribution < -0.4 is 5.73 Å². The van der Waals surface area contributed by atoms with Crippen molar-refractivity contribution in [1.82, 2.24) is 0 Å². The van der Waals surface area contributed by atoms with Crippen molar-refractivity contribution in [1.29, 1.82) is 0 Å². The van der Waals surface area contributed by atoms with Crippen molar-refractivity contribution < 1.29 is 4.79 Å². The Balaban J connectivity index is 1.88. The van der Waals surface area contributed by atoms with E-state index in [9.17, 15) is 4.79 Å². The van der Waals surface area contributed by atoms with Gasteiger partial charge in [-0.3, -0.25) is 4.79 Å². The number of unbranched alkanes of at least 4 members (excludes halogenated alkanes) is 6. The van der Waals surface area contributed by atoms with E-state index < -0.39 is 0 Å². The summed E-state index contributed by atoms with van der Waals surface area (Å²) in [7, 11) is 0. The van der Waals surface area contributed by atoms with Crippen LogP contribution in [-0.2, 0) is 4.79 Å². The van der Waals surface area contributed by atoms with Gasteiger partial charge in [-0.05, 0) is 44.9 Å². The molecule has 0 saturated carbocycles. The summed E-state index contributed by atoms with van der Waals surface area (Å²) in [5, 5.41) is 8.37.